The summed E-state index contributed by atoms with van der Waals surface area (Å²) < 4.78 is 5.82. The number of carbonyl (C=O) groups is 1. The predicted molar refractivity (Wildman–Crippen MR) is 80.6 cm³/mol. The zero-order chi connectivity index (χ0) is 15.4. The van der Waals surface area contributed by atoms with Crippen molar-refractivity contribution in [3.63, 3.8) is 0 Å². The van der Waals surface area contributed by atoms with Gasteiger partial charge in [0.15, 0.2) is 0 Å². The predicted octanol–water partition coefficient (Wildman–Crippen LogP) is 2.39. The highest BCUT2D eigenvalue weighted by Gasteiger charge is 2.27. The van der Waals surface area contributed by atoms with E-state index in [9.17, 15) is 4.79 Å². The number of nitrogens with zero attached hydrogens (tertiary/aromatic N) is 4. The first-order valence-corrected chi connectivity index (χ1v) is 7.38. The Balaban J connectivity index is 1.83. The lowest BCUT2D eigenvalue weighted by Gasteiger charge is -2.32. The minimum Gasteiger partial charge on any atom is -0.436 e. The molecule has 0 radical (unpaired) electrons. The monoisotopic (exact) mass is 298 g/mol. The van der Waals surface area contributed by atoms with Crippen molar-refractivity contribution >= 4 is 5.91 Å². The lowest BCUT2D eigenvalue weighted by atomic mass is 9.94. The van der Waals surface area contributed by atoms with Crippen LogP contribution in [0.1, 0.15) is 31.4 Å². The van der Waals surface area contributed by atoms with Crippen molar-refractivity contribution in [2.45, 2.75) is 25.7 Å². The Hall–Kier alpha value is -2.50. The quantitative estimate of drug-likeness (QED) is 0.870. The first-order chi connectivity index (χ1) is 10.7. The van der Waals surface area contributed by atoms with Gasteiger partial charge in [0.1, 0.15) is 11.4 Å². The van der Waals surface area contributed by atoms with E-state index in [4.69, 9.17) is 4.74 Å². The molecule has 0 spiro atoms. The second-order valence-electron chi connectivity index (χ2n) is 5.34. The Morgan fingerprint density at radius 1 is 1.32 bits per heavy atom. The van der Waals surface area contributed by atoms with Gasteiger partial charge in [0.2, 0.25) is 11.8 Å². The van der Waals surface area contributed by atoms with Crippen LogP contribution in [-0.4, -0.2) is 38.8 Å². The zero-order valence-corrected chi connectivity index (χ0v) is 12.5. The molecule has 0 aliphatic carbocycles. The number of rotatable bonds is 3. The van der Waals surface area contributed by atoms with Crippen LogP contribution in [0.5, 0.6) is 11.6 Å². The first kappa shape index (κ1) is 14.4. The van der Waals surface area contributed by atoms with Gasteiger partial charge in [0.25, 0.3) is 0 Å². The Morgan fingerprint density at radius 2 is 2.18 bits per heavy atom. The maximum Gasteiger partial charge on any atom is 0.241 e. The molecule has 0 aromatic carbocycles. The van der Waals surface area contributed by atoms with Crippen molar-refractivity contribution in [3.05, 3.63) is 42.6 Å². The number of aromatic nitrogens is 3. The molecular formula is C16H18N4O2. The molecule has 1 amide bonds. The molecule has 1 aliphatic heterocycles. The second kappa shape index (κ2) is 6.51. The molecule has 2 aromatic heterocycles. The molecule has 3 heterocycles. The molecule has 2 aromatic rings. The van der Waals surface area contributed by atoms with Crippen molar-refractivity contribution in [3.8, 4) is 11.6 Å². The van der Waals surface area contributed by atoms with Crippen molar-refractivity contribution in [1.82, 2.24) is 19.9 Å². The Bertz CT molecular complexity index is 648. The van der Waals surface area contributed by atoms with Gasteiger partial charge >= 0.3 is 0 Å². The molecule has 0 bridgehead atoms. The normalized spacial score (nSPS) is 18.0. The third kappa shape index (κ3) is 3.21. The van der Waals surface area contributed by atoms with Crippen LogP contribution in [0, 0.1) is 0 Å². The zero-order valence-electron chi connectivity index (χ0n) is 12.5. The van der Waals surface area contributed by atoms with Gasteiger partial charge in [-0.05, 0) is 25.0 Å². The SMILES string of the molecule is CC(=O)N1CCC[C@@H](c2nccnc2Oc2cccnc2)C1. The van der Waals surface area contributed by atoms with Crippen LogP contribution in [0.15, 0.2) is 36.9 Å². The van der Waals surface area contributed by atoms with Gasteiger partial charge in [-0.1, -0.05) is 0 Å². The molecule has 0 saturated carbocycles. The van der Waals surface area contributed by atoms with Crippen molar-refractivity contribution in [2.75, 3.05) is 13.1 Å². The first-order valence-electron chi connectivity index (χ1n) is 7.38. The second-order valence-corrected chi connectivity index (χ2v) is 5.34. The lowest BCUT2D eigenvalue weighted by Crippen LogP contribution is -2.38. The molecule has 0 N–H and O–H groups in total. The van der Waals surface area contributed by atoms with E-state index in [-0.39, 0.29) is 11.8 Å². The highest BCUT2D eigenvalue weighted by molar-refractivity contribution is 5.73. The molecule has 0 unspecified atom stereocenters. The van der Waals surface area contributed by atoms with E-state index in [2.05, 4.69) is 15.0 Å². The van der Waals surface area contributed by atoms with Crippen LogP contribution in [0.4, 0.5) is 0 Å². The number of hydrogen-bond acceptors (Lipinski definition) is 5. The average molecular weight is 298 g/mol. The van der Waals surface area contributed by atoms with E-state index in [1.807, 2.05) is 17.0 Å². The number of ether oxygens (including phenoxy) is 1. The van der Waals surface area contributed by atoms with Crippen LogP contribution in [0.3, 0.4) is 0 Å². The van der Waals surface area contributed by atoms with E-state index >= 15 is 0 Å². The summed E-state index contributed by atoms with van der Waals surface area (Å²) >= 11 is 0. The maximum absolute atomic E-state index is 11.6. The minimum absolute atomic E-state index is 0.100. The van der Waals surface area contributed by atoms with Gasteiger partial charge in [-0.3, -0.25) is 14.8 Å². The third-order valence-corrected chi connectivity index (χ3v) is 3.79. The molecule has 1 aliphatic rings. The topological polar surface area (TPSA) is 68.2 Å². The Labute approximate surface area is 129 Å². The molecule has 22 heavy (non-hydrogen) atoms. The summed E-state index contributed by atoms with van der Waals surface area (Å²) in [6.07, 6.45) is 8.55. The fourth-order valence-corrected chi connectivity index (χ4v) is 2.70. The summed E-state index contributed by atoms with van der Waals surface area (Å²) in [7, 11) is 0. The van der Waals surface area contributed by atoms with Crippen molar-refractivity contribution in [1.29, 1.82) is 0 Å². The number of carbonyl (C=O) groups excluding carboxylic acids is 1. The molecule has 1 atom stereocenters. The summed E-state index contributed by atoms with van der Waals surface area (Å²) in [6, 6.07) is 3.64. The maximum atomic E-state index is 11.6. The van der Waals surface area contributed by atoms with Crippen LogP contribution in [0.25, 0.3) is 0 Å². The lowest BCUT2D eigenvalue weighted by molar-refractivity contribution is -0.130. The molecule has 1 saturated heterocycles. The van der Waals surface area contributed by atoms with Crippen LogP contribution < -0.4 is 4.74 Å². The number of likely N-dealkylation sites (tertiary alicyclic amines) is 1. The van der Waals surface area contributed by atoms with E-state index in [1.165, 1.54) is 0 Å². The number of pyridine rings is 1. The standard InChI is InChI=1S/C16H18N4O2/c1-12(21)20-9-3-4-13(11-20)15-16(19-8-7-18-15)22-14-5-2-6-17-10-14/h2,5-8,10,13H,3-4,9,11H2,1H3/t13-/m1/s1. The minimum atomic E-state index is 0.100. The summed E-state index contributed by atoms with van der Waals surface area (Å²) in [5.41, 5.74) is 0.803. The summed E-state index contributed by atoms with van der Waals surface area (Å²) in [5.74, 6) is 1.37. The molecule has 6 heteroatoms. The Morgan fingerprint density at radius 3 is 2.95 bits per heavy atom. The average Bonchev–Trinajstić information content (AvgIpc) is 2.56. The molecular weight excluding hydrogens is 280 g/mol. The molecule has 6 nitrogen and oxygen atoms in total. The highest BCUT2D eigenvalue weighted by atomic mass is 16.5. The molecule has 1 fully saturated rings. The summed E-state index contributed by atoms with van der Waals surface area (Å²) in [6.45, 7) is 3.08. The van der Waals surface area contributed by atoms with Gasteiger partial charge in [-0.15, -0.1) is 0 Å². The number of hydrogen-bond donors (Lipinski definition) is 0. The van der Waals surface area contributed by atoms with E-state index in [1.54, 1.807) is 31.7 Å². The molecule has 3 rings (SSSR count). The van der Waals surface area contributed by atoms with Crippen LogP contribution in [0.2, 0.25) is 0 Å². The number of piperidine rings is 1. The van der Waals surface area contributed by atoms with Gasteiger partial charge in [-0.25, -0.2) is 4.98 Å². The third-order valence-electron chi connectivity index (χ3n) is 3.79. The molecule has 114 valence electrons. The van der Waals surface area contributed by atoms with Gasteiger partial charge in [0, 0.05) is 44.5 Å². The van der Waals surface area contributed by atoms with Gasteiger partial charge in [-0.2, -0.15) is 0 Å². The number of amides is 1. The Kier molecular flexibility index (Phi) is 4.27. The fraction of sp³-hybridized carbons (Fsp3) is 0.375. The van der Waals surface area contributed by atoms with E-state index < -0.39 is 0 Å². The highest BCUT2D eigenvalue weighted by Crippen LogP contribution is 2.32. The van der Waals surface area contributed by atoms with Crippen LogP contribution in [-0.2, 0) is 4.79 Å². The van der Waals surface area contributed by atoms with Gasteiger partial charge in [0.05, 0.1) is 6.20 Å². The smallest absolute Gasteiger partial charge is 0.241 e. The summed E-state index contributed by atoms with van der Waals surface area (Å²) in [5, 5.41) is 0. The van der Waals surface area contributed by atoms with Gasteiger partial charge < -0.3 is 9.64 Å². The fourth-order valence-electron chi connectivity index (χ4n) is 2.70. The van der Waals surface area contributed by atoms with E-state index in [0.29, 0.717) is 18.2 Å². The van der Waals surface area contributed by atoms with Crippen molar-refractivity contribution < 1.29 is 9.53 Å². The van der Waals surface area contributed by atoms with E-state index in [0.717, 1.165) is 25.1 Å². The largest absolute Gasteiger partial charge is 0.436 e. The van der Waals surface area contributed by atoms with Crippen LogP contribution >= 0.6 is 0 Å². The summed E-state index contributed by atoms with van der Waals surface area (Å²) in [4.78, 5) is 26.2. The van der Waals surface area contributed by atoms with Crippen molar-refractivity contribution in [2.24, 2.45) is 0 Å².